The van der Waals surface area contributed by atoms with Gasteiger partial charge in [0.15, 0.2) is 0 Å². The maximum atomic E-state index is 2.37. The van der Waals surface area contributed by atoms with Crippen molar-refractivity contribution < 1.29 is 48.0 Å². The van der Waals surface area contributed by atoms with Crippen LogP contribution >= 0.6 is 0 Å². The van der Waals surface area contributed by atoms with Crippen LogP contribution in [0.2, 0.25) is 0 Å². The third kappa shape index (κ3) is 2.86. The Morgan fingerprint density at radius 1 is 0.586 bits per heavy atom. The van der Waals surface area contributed by atoms with Crippen LogP contribution in [0.3, 0.4) is 0 Å². The molecule has 4 aromatic rings. The Hall–Kier alpha value is -1.54. The summed E-state index contributed by atoms with van der Waals surface area (Å²) >= 11 is -0.857. The minimum Gasteiger partial charge on any atom is -1.00 e. The SMILES string of the molecule is Cn1ccc2c1[CH]([Zr+2][CH]1c3ccccc3-c3ccn(C)c31)c1ccccc1-2.[Cl-].[Cl-]. The fourth-order valence-electron chi connectivity index (χ4n) is 5.04. The summed E-state index contributed by atoms with van der Waals surface area (Å²) in [6.45, 7) is 0. The normalized spacial score (nSPS) is 17.3. The molecule has 0 bridgehead atoms. The molecule has 2 atom stereocenters. The summed E-state index contributed by atoms with van der Waals surface area (Å²) < 4.78 is 5.96. The summed E-state index contributed by atoms with van der Waals surface area (Å²) in [4.78, 5) is 0. The number of rotatable bonds is 2. The van der Waals surface area contributed by atoms with Crippen LogP contribution in [0.5, 0.6) is 0 Å². The van der Waals surface area contributed by atoms with Crippen LogP contribution in [0, 0.1) is 0 Å². The van der Waals surface area contributed by atoms with E-state index in [-0.39, 0.29) is 24.8 Å². The second-order valence-corrected chi connectivity index (χ2v) is 11.3. The molecule has 2 aliphatic carbocycles. The van der Waals surface area contributed by atoms with Gasteiger partial charge < -0.3 is 24.8 Å². The monoisotopic (exact) mass is 496 g/mol. The van der Waals surface area contributed by atoms with Gasteiger partial charge in [-0.15, -0.1) is 0 Å². The summed E-state index contributed by atoms with van der Waals surface area (Å²) in [6, 6.07) is 22.8. The maximum absolute atomic E-state index is 2.37. The van der Waals surface area contributed by atoms with Crippen LogP contribution in [-0.2, 0) is 37.3 Å². The molecule has 144 valence electrons. The fraction of sp³-hybridized carbons (Fsp3) is 0.167. The molecule has 0 amide bonds. The molecule has 6 rings (SSSR count). The van der Waals surface area contributed by atoms with E-state index in [1.54, 1.807) is 22.5 Å². The molecule has 0 N–H and O–H groups in total. The standard InChI is InChI=1S/2C12H10N.2ClH.Zr/c2*1-13-7-6-11-10-5-3-2-4-9(10)8-12(11)13;;;/h2*2-8H,1H3;2*1H;/q;;;;+2/p-2. The van der Waals surface area contributed by atoms with Crippen molar-refractivity contribution in [2.45, 2.75) is 7.25 Å². The molecule has 2 aliphatic rings. The summed E-state index contributed by atoms with van der Waals surface area (Å²) in [6.07, 6.45) is 4.48. The number of benzene rings is 2. The van der Waals surface area contributed by atoms with E-state index in [2.05, 4.69) is 96.3 Å². The molecule has 0 fully saturated rings. The van der Waals surface area contributed by atoms with Crippen molar-refractivity contribution in [1.29, 1.82) is 0 Å². The number of hydrogen-bond donors (Lipinski definition) is 0. The number of nitrogens with zero attached hydrogens (tertiary/aromatic N) is 2. The molecule has 2 nitrogen and oxygen atoms in total. The zero-order chi connectivity index (χ0) is 18.1. The van der Waals surface area contributed by atoms with Gasteiger partial charge in [0.1, 0.15) is 0 Å². The van der Waals surface area contributed by atoms with E-state index in [1.807, 2.05) is 0 Å². The van der Waals surface area contributed by atoms with E-state index >= 15 is 0 Å². The van der Waals surface area contributed by atoms with E-state index in [0.29, 0.717) is 7.25 Å². The molecule has 2 aromatic carbocycles. The minimum atomic E-state index is -0.857. The molecule has 2 unspecified atom stereocenters. The van der Waals surface area contributed by atoms with Crippen molar-refractivity contribution in [3.05, 3.63) is 95.6 Å². The van der Waals surface area contributed by atoms with E-state index in [0.717, 1.165) is 0 Å². The first-order valence-electron chi connectivity index (χ1n) is 9.49. The Bertz CT molecular complexity index is 1110. The van der Waals surface area contributed by atoms with Gasteiger partial charge in [0.25, 0.3) is 0 Å². The Balaban J connectivity index is 0.00000102. The first-order valence-corrected chi connectivity index (χ1v) is 12.3. The summed E-state index contributed by atoms with van der Waals surface area (Å²) in [7, 11) is 4.43. The van der Waals surface area contributed by atoms with E-state index < -0.39 is 23.2 Å². The molecule has 0 radical (unpaired) electrons. The molecule has 2 aromatic heterocycles. The number of aryl methyl sites for hydroxylation is 2. The van der Waals surface area contributed by atoms with Crippen molar-refractivity contribution in [1.82, 2.24) is 9.13 Å². The largest absolute Gasteiger partial charge is 1.00 e. The summed E-state index contributed by atoms with van der Waals surface area (Å²) in [5, 5.41) is 0. The van der Waals surface area contributed by atoms with Crippen molar-refractivity contribution in [3.63, 3.8) is 0 Å². The van der Waals surface area contributed by atoms with Crippen molar-refractivity contribution in [2.24, 2.45) is 14.1 Å². The Labute approximate surface area is 195 Å². The third-order valence-corrected chi connectivity index (χ3v) is 10.8. The van der Waals surface area contributed by atoms with Crippen LogP contribution < -0.4 is 24.8 Å². The van der Waals surface area contributed by atoms with E-state index in [1.165, 1.54) is 22.3 Å². The molecular weight excluding hydrogens is 478 g/mol. The maximum Gasteiger partial charge on any atom is -1.00 e. The number of aromatic nitrogens is 2. The van der Waals surface area contributed by atoms with Crippen LogP contribution in [0.25, 0.3) is 22.3 Å². The molecule has 0 spiro atoms. The van der Waals surface area contributed by atoms with Crippen LogP contribution in [0.1, 0.15) is 29.8 Å². The van der Waals surface area contributed by atoms with Gasteiger partial charge in [-0.05, 0) is 0 Å². The summed E-state index contributed by atoms with van der Waals surface area (Å²) in [5.74, 6) is 0. The van der Waals surface area contributed by atoms with Crippen LogP contribution in [-0.4, -0.2) is 9.13 Å². The zero-order valence-corrected chi connectivity index (χ0v) is 20.2. The van der Waals surface area contributed by atoms with Gasteiger partial charge in [-0.25, -0.2) is 0 Å². The topological polar surface area (TPSA) is 9.86 Å². The molecule has 2 heterocycles. The van der Waals surface area contributed by atoms with E-state index in [4.69, 9.17) is 0 Å². The van der Waals surface area contributed by atoms with Crippen LogP contribution in [0.15, 0.2) is 73.1 Å². The fourth-order valence-corrected chi connectivity index (χ4v) is 10.5. The predicted molar refractivity (Wildman–Crippen MR) is 105 cm³/mol. The van der Waals surface area contributed by atoms with Gasteiger partial charge in [-0.1, -0.05) is 0 Å². The third-order valence-electron chi connectivity index (χ3n) is 6.25. The van der Waals surface area contributed by atoms with Gasteiger partial charge in [0.2, 0.25) is 0 Å². The average molecular weight is 499 g/mol. The second kappa shape index (κ2) is 7.62. The minimum absolute atomic E-state index is 0. The van der Waals surface area contributed by atoms with Crippen molar-refractivity contribution in [2.75, 3.05) is 0 Å². The first-order chi connectivity index (χ1) is 13.2. The Morgan fingerprint density at radius 2 is 1.00 bits per heavy atom. The number of fused-ring (bicyclic) bond motifs is 6. The smallest absolute Gasteiger partial charge is 1.00 e. The number of halogens is 2. The van der Waals surface area contributed by atoms with Crippen molar-refractivity contribution in [3.8, 4) is 22.3 Å². The zero-order valence-electron chi connectivity index (χ0n) is 16.2. The van der Waals surface area contributed by atoms with Gasteiger partial charge in [0, 0.05) is 0 Å². The first kappa shape index (κ1) is 20.7. The van der Waals surface area contributed by atoms with Gasteiger partial charge in [0.05, 0.1) is 0 Å². The second-order valence-electron chi connectivity index (χ2n) is 7.66. The predicted octanol–water partition coefficient (Wildman–Crippen LogP) is -0.706. The van der Waals surface area contributed by atoms with Gasteiger partial charge in [-0.3, -0.25) is 0 Å². The molecule has 0 aliphatic heterocycles. The quantitative estimate of drug-likeness (QED) is 0.346. The molecular formula is C24H20Cl2N2Zr. The number of hydrogen-bond acceptors (Lipinski definition) is 0. The van der Waals surface area contributed by atoms with Crippen molar-refractivity contribution >= 4 is 0 Å². The van der Waals surface area contributed by atoms with Gasteiger partial charge >= 0.3 is 172 Å². The molecule has 29 heavy (non-hydrogen) atoms. The average Bonchev–Trinajstić information content (AvgIpc) is 3.41. The molecule has 0 saturated carbocycles. The summed E-state index contributed by atoms with van der Waals surface area (Å²) in [5.41, 5.74) is 12.0. The van der Waals surface area contributed by atoms with E-state index in [9.17, 15) is 0 Å². The van der Waals surface area contributed by atoms with Crippen LogP contribution in [0.4, 0.5) is 0 Å². The molecule has 5 heteroatoms. The Kier molecular flexibility index (Phi) is 5.44. The molecule has 0 saturated heterocycles. The Morgan fingerprint density at radius 3 is 1.45 bits per heavy atom. The van der Waals surface area contributed by atoms with Gasteiger partial charge in [-0.2, -0.15) is 0 Å².